The molecule has 0 spiro atoms. The van der Waals surface area contributed by atoms with Gasteiger partial charge in [-0.05, 0) is 32.4 Å². The number of hydrazine groups is 1. The molecule has 1 aromatic carbocycles. The minimum absolute atomic E-state index is 0.0443. The van der Waals surface area contributed by atoms with Gasteiger partial charge in [0.05, 0.1) is 11.7 Å². The van der Waals surface area contributed by atoms with Crippen LogP contribution < -0.4 is 16.2 Å². The third-order valence-corrected chi connectivity index (χ3v) is 5.56. The minimum atomic E-state index is -0.217. The Bertz CT molecular complexity index is 731. The zero-order valence-corrected chi connectivity index (χ0v) is 15.7. The first kappa shape index (κ1) is 18.0. The number of nitrogens with zero attached hydrogens (tertiary/aromatic N) is 2. The second-order valence-electron chi connectivity index (χ2n) is 6.29. The molecule has 0 bridgehead atoms. The molecule has 6 nitrogen and oxygen atoms in total. The zero-order valence-electron chi connectivity index (χ0n) is 14.9. The van der Waals surface area contributed by atoms with Crippen LogP contribution in [0.15, 0.2) is 35.2 Å². The summed E-state index contributed by atoms with van der Waals surface area (Å²) >= 11 is 1.75. The van der Waals surface area contributed by atoms with Gasteiger partial charge in [-0.2, -0.15) is 5.10 Å². The number of thioether (sulfide) groups is 1. The Hall–Kier alpha value is -1.83. The summed E-state index contributed by atoms with van der Waals surface area (Å²) in [6.45, 7) is 4.73. The lowest BCUT2D eigenvalue weighted by molar-refractivity contribution is -0.122. The Morgan fingerprint density at radius 3 is 2.76 bits per heavy atom. The second kappa shape index (κ2) is 8.03. The van der Waals surface area contributed by atoms with Crippen molar-refractivity contribution in [1.82, 2.24) is 25.9 Å². The summed E-state index contributed by atoms with van der Waals surface area (Å²) in [5, 5.41) is 7.48. The predicted octanol–water partition coefficient (Wildman–Crippen LogP) is 1.85. The van der Waals surface area contributed by atoms with Gasteiger partial charge < -0.3 is 5.32 Å². The van der Waals surface area contributed by atoms with Gasteiger partial charge in [0.25, 0.3) is 0 Å². The maximum Gasteiger partial charge on any atom is 0.238 e. The molecule has 2 aromatic rings. The summed E-state index contributed by atoms with van der Waals surface area (Å²) in [4.78, 5) is 13.6. The van der Waals surface area contributed by atoms with E-state index in [0.717, 1.165) is 23.6 Å². The average molecular weight is 359 g/mol. The third-order valence-electron chi connectivity index (χ3n) is 4.55. The Morgan fingerprint density at radius 2 is 2.08 bits per heavy atom. The lowest BCUT2D eigenvalue weighted by atomic mass is 10.00. The standard InChI is InChI=1S/C18H25N5OS/c1-12-17(13(2)23(3)22-12)15-11-16(21-20-15)18(24)19-9-10-25-14-7-5-4-6-8-14/h4-8,15-16,20-21H,9-11H2,1-3H3,(H,19,24). The van der Waals surface area contributed by atoms with Crippen LogP contribution in [0.1, 0.15) is 29.4 Å². The van der Waals surface area contributed by atoms with Crippen molar-refractivity contribution in [3.63, 3.8) is 0 Å². The molecule has 1 saturated heterocycles. The van der Waals surface area contributed by atoms with E-state index in [9.17, 15) is 4.79 Å². The van der Waals surface area contributed by atoms with Crippen molar-refractivity contribution in [3.05, 3.63) is 47.3 Å². The molecule has 1 aromatic heterocycles. The van der Waals surface area contributed by atoms with E-state index in [4.69, 9.17) is 0 Å². The van der Waals surface area contributed by atoms with Gasteiger partial charge in [-0.15, -0.1) is 11.8 Å². The molecule has 1 amide bonds. The summed E-state index contributed by atoms with van der Waals surface area (Å²) in [6.07, 6.45) is 0.727. The number of benzene rings is 1. The van der Waals surface area contributed by atoms with Crippen LogP contribution in [-0.4, -0.2) is 34.0 Å². The van der Waals surface area contributed by atoms with Gasteiger partial charge in [0, 0.05) is 35.5 Å². The maximum absolute atomic E-state index is 12.4. The molecule has 2 unspecified atom stereocenters. The highest BCUT2D eigenvalue weighted by Gasteiger charge is 2.32. The fraction of sp³-hybridized carbons (Fsp3) is 0.444. The van der Waals surface area contributed by atoms with E-state index in [0.29, 0.717) is 6.54 Å². The highest BCUT2D eigenvalue weighted by Crippen LogP contribution is 2.27. The van der Waals surface area contributed by atoms with E-state index in [1.54, 1.807) is 11.8 Å². The number of hydrogen-bond donors (Lipinski definition) is 3. The smallest absolute Gasteiger partial charge is 0.238 e. The number of rotatable bonds is 6. The van der Waals surface area contributed by atoms with Crippen molar-refractivity contribution >= 4 is 17.7 Å². The largest absolute Gasteiger partial charge is 0.354 e. The number of nitrogens with one attached hydrogen (secondary N) is 3. The van der Waals surface area contributed by atoms with Crippen molar-refractivity contribution in [2.24, 2.45) is 7.05 Å². The Kier molecular flexibility index (Phi) is 5.78. The van der Waals surface area contributed by atoms with Crippen molar-refractivity contribution in [2.75, 3.05) is 12.3 Å². The molecule has 0 saturated carbocycles. The van der Waals surface area contributed by atoms with Gasteiger partial charge in [0.1, 0.15) is 6.04 Å². The Morgan fingerprint density at radius 1 is 1.32 bits per heavy atom. The molecule has 134 valence electrons. The fourth-order valence-corrected chi connectivity index (χ4v) is 3.98. The fourth-order valence-electron chi connectivity index (χ4n) is 3.19. The number of carbonyl (C=O) groups excluding carboxylic acids is 1. The van der Waals surface area contributed by atoms with Crippen LogP contribution in [0, 0.1) is 13.8 Å². The second-order valence-corrected chi connectivity index (χ2v) is 7.46. The van der Waals surface area contributed by atoms with E-state index in [2.05, 4.69) is 40.3 Å². The first-order chi connectivity index (χ1) is 12.1. The zero-order chi connectivity index (χ0) is 17.8. The van der Waals surface area contributed by atoms with Gasteiger partial charge in [0.15, 0.2) is 0 Å². The number of aromatic nitrogens is 2. The number of aryl methyl sites for hydroxylation is 2. The summed E-state index contributed by atoms with van der Waals surface area (Å²) in [7, 11) is 1.95. The van der Waals surface area contributed by atoms with Crippen LogP contribution in [0.2, 0.25) is 0 Å². The molecule has 1 aliphatic heterocycles. The molecule has 0 aliphatic carbocycles. The van der Waals surface area contributed by atoms with Gasteiger partial charge in [-0.1, -0.05) is 18.2 Å². The van der Waals surface area contributed by atoms with Crippen molar-refractivity contribution in [1.29, 1.82) is 0 Å². The molecule has 3 rings (SSSR count). The maximum atomic E-state index is 12.4. The summed E-state index contributed by atoms with van der Waals surface area (Å²) in [5.41, 5.74) is 9.70. The minimum Gasteiger partial charge on any atom is -0.354 e. The summed E-state index contributed by atoms with van der Waals surface area (Å²) in [5.74, 6) is 0.906. The Balaban J connectivity index is 1.46. The molecule has 2 atom stereocenters. The van der Waals surface area contributed by atoms with Crippen LogP contribution >= 0.6 is 11.8 Å². The van der Waals surface area contributed by atoms with E-state index >= 15 is 0 Å². The topological polar surface area (TPSA) is 71.0 Å². The monoisotopic (exact) mass is 359 g/mol. The first-order valence-corrected chi connectivity index (χ1v) is 9.51. The van der Waals surface area contributed by atoms with Gasteiger partial charge in [0.2, 0.25) is 5.91 Å². The average Bonchev–Trinajstić information content (AvgIpc) is 3.17. The van der Waals surface area contributed by atoms with Gasteiger partial charge in [-0.25, -0.2) is 10.9 Å². The molecule has 3 N–H and O–H groups in total. The number of hydrogen-bond acceptors (Lipinski definition) is 5. The number of carbonyl (C=O) groups is 1. The molecule has 7 heteroatoms. The van der Waals surface area contributed by atoms with Crippen LogP contribution in [0.5, 0.6) is 0 Å². The van der Waals surface area contributed by atoms with Crippen LogP contribution in [-0.2, 0) is 11.8 Å². The predicted molar refractivity (Wildman–Crippen MR) is 100 cm³/mol. The van der Waals surface area contributed by atoms with Crippen molar-refractivity contribution < 1.29 is 4.79 Å². The molecular weight excluding hydrogens is 334 g/mol. The highest BCUT2D eigenvalue weighted by molar-refractivity contribution is 7.99. The highest BCUT2D eigenvalue weighted by atomic mass is 32.2. The lowest BCUT2D eigenvalue weighted by Crippen LogP contribution is -2.43. The van der Waals surface area contributed by atoms with Crippen LogP contribution in [0.25, 0.3) is 0 Å². The Labute approximate surface area is 152 Å². The van der Waals surface area contributed by atoms with E-state index in [1.165, 1.54) is 10.5 Å². The normalized spacial score (nSPS) is 20.0. The molecule has 0 radical (unpaired) electrons. The van der Waals surface area contributed by atoms with Gasteiger partial charge in [-0.3, -0.25) is 9.48 Å². The van der Waals surface area contributed by atoms with E-state index < -0.39 is 0 Å². The van der Waals surface area contributed by atoms with Gasteiger partial charge >= 0.3 is 0 Å². The quantitative estimate of drug-likeness (QED) is 0.542. The summed E-state index contributed by atoms with van der Waals surface area (Å²) < 4.78 is 1.89. The molecule has 1 fully saturated rings. The molecular formula is C18H25N5OS. The molecule has 1 aliphatic rings. The third kappa shape index (κ3) is 4.23. The number of amides is 1. The molecule has 25 heavy (non-hydrogen) atoms. The van der Waals surface area contributed by atoms with Crippen molar-refractivity contribution in [2.45, 2.75) is 37.2 Å². The van der Waals surface area contributed by atoms with E-state index in [1.807, 2.05) is 36.9 Å². The van der Waals surface area contributed by atoms with Crippen molar-refractivity contribution in [3.8, 4) is 0 Å². The lowest BCUT2D eigenvalue weighted by Gasteiger charge is -2.11. The summed E-state index contributed by atoms with van der Waals surface area (Å²) in [6, 6.07) is 10.1. The van der Waals surface area contributed by atoms with Crippen LogP contribution in [0.4, 0.5) is 0 Å². The van der Waals surface area contributed by atoms with E-state index in [-0.39, 0.29) is 18.0 Å². The first-order valence-electron chi connectivity index (χ1n) is 8.53. The molecule has 2 heterocycles. The van der Waals surface area contributed by atoms with Crippen LogP contribution in [0.3, 0.4) is 0 Å². The SMILES string of the molecule is Cc1nn(C)c(C)c1C1CC(C(=O)NCCSc2ccccc2)NN1.